The second-order valence-corrected chi connectivity index (χ2v) is 3.86. The molecular weight excluding hydrogens is 210 g/mol. The van der Waals surface area contributed by atoms with E-state index in [-0.39, 0.29) is 0 Å². The Kier molecular flexibility index (Phi) is 3.60. The van der Waals surface area contributed by atoms with Crippen molar-refractivity contribution in [2.24, 2.45) is 0 Å². The van der Waals surface area contributed by atoms with Crippen molar-refractivity contribution < 1.29 is 0 Å². The largest absolute Gasteiger partial charge is 0.384 e. The molecule has 3 nitrogen and oxygen atoms in total. The summed E-state index contributed by atoms with van der Waals surface area (Å²) in [5, 5.41) is 3.27. The van der Waals surface area contributed by atoms with Crippen LogP contribution < -0.4 is 10.2 Å². The number of anilines is 3. The molecule has 0 spiro atoms. The van der Waals surface area contributed by atoms with Gasteiger partial charge in [0.05, 0.1) is 23.8 Å². The lowest BCUT2D eigenvalue weighted by molar-refractivity contribution is 1.15. The predicted octanol–water partition coefficient (Wildman–Crippen LogP) is 3.28. The Hall–Kier alpha value is -2.03. The fraction of sp³-hybridized carbons (Fsp3) is 0.214. The second kappa shape index (κ2) is 5.34. The Morgan fingerprint density at radius 2 is 1.88 bits per heavy atom. The Bertz CT molecular complexity index is 468. The molecule has 1 heterocycles. The number of nitrogens with one attached hydrogen (secondary N) is 1. The molecule has 1 aromatic carbocycles. The summed E-state index contributed by atoms with van der Waals surface area (Å²) in [6, 6.07) is 12.4. The van der Waals surface area contributed by atoms with E-state index in [0.29, 0.717) is 0 Å². The van der Waals surface area contributed by atoms with Crippen LogP contribution in [0.3, 0.4) is 0 Å². The summed E-state index contributed by atoms with van der Waals surface area (Å²) in [6.07, 6.45) is 3.71. The maximum atomic E-state index is 4.25. The number of aromatic nitrogens is 1. The molecule has 0 fully saturated rings. The van der Waals surface area contributed by atoms with Gasteiger partial charge in [-0.15, -0.1) is 0 Å². The van der Waals surface area contributed by atoms with E-state index in [1.54, 1.807) is 0 Å². The van der Waals surface area contributed by atoms with E-state index >= 15 is 0 Å². The van der Waals surface area contributed by atoms with Gasteiger partial charge < -0.3 is 10.2 Å². The maximum absolute atomic E-state index is 4.25. The number of hydrogen-bond acceptors (Lipinski definition) is 3. The highest BCUT2D eigenvalue weighted by atomic mass is 15.1. The molecule has 0 atom stereocenters. The van der Waals surface area contributed by atoms with Gasteiger partial charge in [-0.05, 0) is 25.1 Å². The minimum absolute atomic E-state index is 0.903. The molecule has 0 saturated carbocycles. The average molecular weight is 227 g/mol. The highest BCUT2D eigenvalue weighted by molar-refractivity contribution is 5.65. The smallest absolute Gasteiger partial charge is 0.0615 e. The fourth-order valence-corrected chi connectivity index (χ4v) is 1.71. The molecular formula is C14H17N3. The minimum atomic E-state index is 0.903. The van der Waals surface area contributed by atoms with Crippen LogP contribution in [0.1, 0.15) is 6.92 Å². The van der Waals surface area contributed by atoms with E-state index in [0.717, 1.165) is 23.6 Å². The SMILES string of the molecule is CCNc1cncc(N(C)c2ccccc2)c1. The van der Waals surface area contributed by atoms with Gasteiger partial charge in [-0.2, -0.15) is 0 Å². The molecule has 0 bridgehead atoms. The van der Waals surface area contributed by atoms with E-state index in [1.165, 1.54) is 0 Å². The number of pyridine rings is 1. The lowest BCUT2D eigenvalue weighted by Crippen LogP contribution is -2.10. The molecule has 0 aliphatic rings. The van der Waals surface area contributed by atoms with Crippen LogP contribution in [-0.4, -0.2) is 18.6 Å². The van der Waals surface area contributed by atoms with E-state index in [4.69, 9.17) is 0 Å². The van der Waals surface area contributed by atoms with Crippen LogP contribution >= 0.6 is 0 Å². The van der Waals surface area contributed by atoms with Gasteiger partial charge in [0, 0.05) is 19.3 Å². The molecule has 1 N–H and O–H groups in total. The van der Waals surface area contributed by atoms with Crippen molar-refractivity contribution in [2.75, 3.05) is 23.8 Å². The van der Waals surface area contributed by atoms with E-state index < -0.39 is 0 Å². The Morgan fingerprint density at radius 3 is 2.59 bits per heavy atom. The zero-order valence-electron chi connectivity index (χ0n) is 10.2. The molecule has 0 radical (unpaired) electrons. The molecule has 0 aliphatic carbocycles. The summed E-state index contributed by atoms with van der Waals surface area (Å²) in [5.41, 5.74) is 3.28. The third kappa shape index (κ3) is 2.75. The molecule has 2 aromatic rings. The molecule has 88 valence electrons. The first kappa shape index (κ1) is 11.5. The molecule has 0 saturated heterocycles. The predicted molar refractivity (Wildman–Crippen MR) is 72.9 cm³/mol. The van der Waals surface area contributed by atoms with E-state index in [1.807, 2.05) is 37.6 Å². The van der Waals surface area contributed by atoms with Crippen LogP contribution in [0.25, 0.3) is 0 Å². The molecule has 3 heteroatoms. The van der Waals surface area contributed by atoms with Crippen LogP contribution in [0.2, 0.25) is 0 Å². The van der Waals surface area contributed by atoms with E-state index in [9.17, 15) is 0 Å². The number of hydrogen-bond donors (Lipinski definition) is 1. The summed E-state index contributed by atoms with van der Waals surface area (Å²) < 4.78 is 0. The molecule has 17 heavy (non-hydrogen) atoms. The monoisotopic (exact) mass is 227 g/mol. The zero-order valence-corrected chi connectivity index (χ0v) is 10.2. The van der Waals surface area contributed by atoms with Gasteiger partial charge in [-0.3, -0.25) is 4.98 Å². The number of rotatable bonds is 4. The summed E-state index contributed by atoms with van der Waals surface area (Å²) >= 11 is 0. The van der Waals surface area contributed by atoms with Crippen LogP contribution in [0.5, 0.6) is 0 Å². The second-order valence-electron chi connectivity index (χ2n) is 3.86. The Morgan fingerprint density at radius 1 is 1.12 bits per heavy atom. The first-order valence-corrected chi connectivity index (χ1v) is 5.79. The quantitative estimate of drug-likeness (QED) is 0.868. The van der Waals surface area contributed by atoms with Crippen LogP contribution in [0.15, 0.2) is 48.8 Å². The molecule has 0 unspecified atom stereocenters. The summed E-state index contributed by atoms with van der Waals surface area (Å²) in [7, 11) is 2.04. The van der Waals surface area contributed by atoms with Crippen molar-refractivity contribution in [3.05, 3.63) is 48.8 Å². The topological polar surface area (TPSA) is 28.2 Å². The standard InChI is InChI=1S/C14H17N3/c1-3-16-12-9-14(11-15-10-12)17(2)13-7-5-4-6-8-13/h4-11,16H,3H2,1-2H3. The van der Waals surface area contributed by atoms with Crippen molar-refractivity contribution in [1.82, 2.24) is 4.98 Å². The zero-order chi connectivity index (χ0) is 12.1. The van der Waals surface area contributed by atoms with Gasteiger partial charge in [-0.25, -0.2) is 0 Å². The lowest BCUT2D eigenvalue weighted by Gasteiger charge is -2.19. The molecule has 0 amide bonds. The lowest BCUT2D eigenvalue weighted by atomic mass is 10.2. The third-order valence-corrected chi connectivity index (χ3v) is 2.64. The van der Waals surface area contributed by atoms with Crippen molar-refractivity contribution in [1.29, 1.82) is 0 Å². The van der Waals surface area contributed by atoms with E-state index in [2.05, 4.69) is 40.3 Å². The maximum Gasteiger partial charge on any atom is 0.0615 e. The van der Waals surface area contributed by atoms with Crippen molar-refractivity contribution >= 4 is 17.1 Å². The van der Waals surface area contributed by atoms with Gasteiger partial charge in [0.15, 0.2) is 0 Å². The van der Waals surface area contributed by atoms with Crippen LogP contribution in [0.4, 0.5) is 17.1 Å². The van der Waals surface area contributed by atoms with Crippen LogP contribution in [0, 0.1) is 0 Å². The van der Waals surface area contributed by atoms with Crippen molar-refractivity contribution in [2.45, 2.75) is 6.92 Å². The highest BCUT2D eigenvalue weighted by Gasteiger charge is 2.04. The van der Waals surface area contributed by atoms with Crippen LogP contribution in [-0.2, 0) is 0 Å². The van der Waals surface area contributed by atoms with Crippen molar-refractivity contribution in [3.8, 4) is 0 Å². The molecule has 2 rings (SSSR count). The highest BCUT2D eigenvalue weighted by Crippen LogP contribution is 2.24. The van der Waals surface area contributed by atoms with Gasteiger partial charge >= 0.3 is 0 Å². The van der Waals surface area contributed by atoms with Gasteiger partial charge in [0.1, 0.15) is 0 Å². The Balaban J connectivity index is 2.25. The molecule has 1 aromatic heterocycles. The normalized spacial score (nSPS) is 10.0. The molecule has 0 aliphatic heterocycles. The third-order valence-electron chi connectivity index (χ3n) is 2.64. The first-order valence-electron chi connectivity index (χ1n) is 5.79. The fourth-order valence-electron chi connectivity index (χ4n) is 1.71. The van der Waals surface area contributed by atoms with Gasteiger partial charge in [-0.1, -0.05) is 18.2 Å². The Labute approximate surface area is 102 Å². The first-order chi connectivity index (χ1) is 8.31. The van der Waals surface area contributed by atoms with Gasteiger partial charge in [0.25, 0.3) is 0 Å². The summed E-state index contributed by atoms with van der Waals surface area (Å²) in [6.45, 7) is 2.98. The average Bonchev–Trinajstić information content (AvgIpc) is 2.40. The number of nitrogens with zero attached hydrogens (tertiary/aromatic N) is 2. The van der Waals surface area contributed by atoms with Crippen molar-refractivity contribution in [3.63, 3.8) is 0 Å². The number of para-hydroxylation sites is 1. The van der Waals surface area contributed by atoms with Gasteiger partial charge in [0.2, 0.25) is 0 Å². The number of benzene rings is 1. The minimum Gasteiger partial charge on any atom is -0.384 e. The summed E-state index contributed by atoms with van der Waals surface area (Å²) in [4.78, 5) is 6.36. The summed E-state index contributed by atoms with van der Waals surface area (Å²) in [5.74, 6) is 0.